The van der Waals surface area contributed by atoms with Gasteiger partial charge in [-0.15, -0.1) is 16.8 Å². The summed E-state index contributed by atoms with van der Waals surface area (Å²) in [6, 6.07) is 12.9. The summed E-state index contributed by atoms with van der Waals surface area (Å²) in [7, 11) is 1.52. The van der Waals surface area contributed by atoms with Gasteiger partial charge in [0.25, 0.3) is 11.1 Å². The number of halogens is 1. The molecule has 4 aromatic rings. The molecule has 0 saturated heterocycles. The number of hydrogen-bond donors (Lipinski definition) is 1. The molecule has 0 saturated carbocycles. The first-order valence-corrected chi connectivity index (χ1v) is 11.1. The molecular formula is C24H20ClN3O4S. The highest BCUT2D eigenvalue weighted by molar-refractivity contribution is 8.03. The van der Waals surface area contributed by atoms with Crippen LogP contribution in [0.4, 0.5) is 0 Å². The van der Waals surface area contributed by atoms with E-state index < -0.39 is 5.97 Å². The molecule has 0 fully saturated rings. The van der Waals surface area contributed by atoms with Crippen molar-refractivity contribution in [3.63, 3.8) is 0 Å². The van der Waals surface area contributed by atoms with Crippen molar-refractivity contribution >= 4 is 46.3 Å². The Balaban J connectivity index is 1.73. The number of thioether (sulfide) groups is 1. The van der Waals surface area contributed by atoms with Gasteiger partial charge in [0.15, 0.2) is 0 Å². The van der Waals surface area contributed by atoms with E-state index in [1.54, 1.807) is 24.3 Å². The van der Waals surface area contributed by atoms with Gasteiger partial charge in [0, 0.05) is 33.7 Å². The number of carboxylic acid groups (broad SMARTS) is 1. The van der Waals surface area contributed by atoms with E-state index in [2.05, 4.69) is 21.3 Å². The zero-order chi connectivity index (χ0) is 23.5. The van der Waals surface area contributed by atoms with Gasteiger partial charge in [-0.2, -0.15) is 0 Å². The van der Waals surface area contributed by atoms with Crippen LogP contribution < -0.4 is 4.74 Å². The van der Waals surface area contributed by atoms with Crippen molar-refractivity contribution in [3.8, 4) is 17.2 Å². The Bertz CT molecular complexity index is 1390. The van der Waals surface area contributed by atoms with Crippen molar-refractivity contribution < 1.29 is 19.1 Å². The number of rotatable bonds is 8. The number of benzene rings is 2. The fourth-order valence-corrected chi connectivity index (χ4v) is 4.40. The number of carboxylic acids is 1. The van der Waals surface area contributed by atoms with Gasteiger partial charge >= 0.3 is 5.97 Å². The van der Waals surface area contributed by atoms with Gasteiger partial charge in [-0.1, -0.05) is 35.9 Å². The maximum atomic E-state index is 12.1. The molecule has 33 heavy (non-hydrogen) atoms. The molecule has 2 aromatic heterocycles. The smallest absolute Gasteiger partial charge is 0.342 e. The standard InChI is InChI=1S/C24H20ClN3O4S/c1-4-11-28-14(2)17(16-7-5-6-8-19(16)28)13-21(23(29)30)33-24-27-26-22(32-24)18-12-15(25)9-10-20(18)31-3/h4-10,12-13H,1,11H2,2-3H3,(H,29,30)/b21-13-. The van der Waals surface area contributed by atoms with Gasteiger partial charge < -0.3 is 18.8 Å². The Labute approximate surface area is 199 Å². The molecular weight excluding hydrogens is 462 g/mol. The van der Waals surface area contributed by atoms with Crippen molar-refractivity contribution in [2.75, 3.05) is 7.11 Å². The van der Waals surface area contributed by atoms with Crippen LogP contribution in [0.25, 0.3) is 28.4 Å². The topological polar surface area (TPSA) is 90.4 Å². The van der Waals surface area contributed by atoms with Gasteiger partial charge in [-0.25, -0.2) is 4.79 Å². The molecule has 168 valence electrons. The summed E-state index contributed by atoms with van der Waals surface area (Å²) in [5.41, 5.74) is 3.27. The number of hydrogen-bond acceptors (Lipinski definition) is 6. The normalized spacial score (nSPS) is 11.7. The fourth-order valence-electron chi connectivity index (χ4n) is 3.57. The van der Waals surface area contributed by atoms with Gasteiger partial charge in [0.05, 0.1) is 12.7 Å². The van der Waals surface area contributed by atoms with Crippen LogP contribution in [-0.2, 0) is 11.3 Å². The Kier molecular flexibility index (Phi) is 6.57. The van der Waals surface area contributed by atoms with E-state index in [1.807, 2.05) is 37.3 Å². The molecule has 9 heteroatoms. The molecule has 0 unspecified atom stereocenters. The zero-order valence-corrected chi connectivity index (χ0v) is 19.5. The first kappa shape index (κ1) is 22.7. The number of aromatic nitrogens is 3. The van der Waals surface area contributed by atoms with E-state index in [-0.39, 0.29) is 16.0 Å². The monoisotopic (exact) mass is 481 g/mol. The highest BCUT2D eigenvalue weighted by Gasteiger charge is 2.20. The lowest BCUT2D eigenvalue weighted by Crippen LogP contribution is -1.99. The van der Waals surface area contributed by atoms with Crippen LogP contribution in [0.2, 0.25) is 5.02 Å². The number of methoxy groups -OCH3 is 1. The summed E-state index contributed by atoms with van der Waals surface area (Å²) in [5.74, 6) is -0.403. The van der Waals surface area contributed by atoms with E-state index >= 15 is 0 Å². The largest absolute Gasteiger partial charge is 0.496 e. The third-order valence-electron chi connectivity index (χ3n) is 5.07. The highest BCUT2D eigenvalue weighted by atomic mass is 35.5. The van der Waals surface area contributed by atoms with Crippen LogP contribution in [-0.4, -0.2) is 33.0 Å². The lowest BCUT2D eigenvalue weighted by molar-refractivity contribution is -0.131. The fraction of sp³-hybridized carbons (Fsp3) is 0.125. The molecule has 0 spiro atoms. The number of allylic oxidation sites excluding steroid dienone is 1. The van der Waals surface area contributed by atoms with Crippen LogP contribution in [0.15, 0.2) is 69.7 Å². The summed E-state index contributed by atoms with van der Waals surface area (Å²) in [5, 5.41) is 19.4. The van der Waals surface area contributed by atoms with Crippen molar-refractivity contribution in [2.24, 2.45) is 0 Å². The van der Waals surface area contributed by atoms with Crippen molar-refractivity contribution in [3.05, 3.63) is 76.3 Å². The van der Waals surface area contributed by atoms with Crippen LogP contribution >= 0.6 is 23.4 Å². The molecule has 2 aromatic carbocycles. The molecule has 0 bridgehead atoms. The number of para-hydroxylation sites is 1. The Morgan fingerprint density at radius 1 is 1.30 bits per heavy atom. The summed E-state index contributed by atoms with van der Waals surface area (Å²) >= 11 is 6.97. The molecule has 0 amide bonds. The van der Waals surface area contributed by atoms with E-state index in [4.69, 9.17) is 20.8 Å². The average molecular weight is 482 g/mol. The maximum absolute atomic E-state index is 12.1. The van der Waals surface area contributed by atoms with Crippen molar-refractivity contribution in [1.82, 2.24) is 14.8 Å². The highest BCUT2D eigenvalue weighted by Crippen LogP contribution is 2.36. The molecule has 4 rings (SSSR count). The van der Waals surface area contributed by atoms with E-state index in [0.29, 0.717) is 22.9 Å². The Morgan fingerprint density at radius 2 is 2.09 bits per heavy atom. The predicted octanol–water partition coefficient (Wildman–Crippen LogP) is 6.07. The third kappa shape index (κ3) is 4.53. The lowest BCUT2D eigenvalue weighted by atomic mass is 10.1. The average Bonchev–Trinajstić information content (AvgIpc) is 3.37. The minimum Gasteiger partial charge on any atom is -0.496 e. The first-order chi connectivity index (χ1) is 15.9. The van der Waals surface area contributed by atoms with Crippen molar-refractivity contribution in [2.45, 2.75) is 18.7 Å². The molecule has 0 aliphatic heterocycles. The van der Waals surface area contributed by atoms with Gasteiger partial charge in [-0.3, -0.25) is 0 Å². The minimum absolute atomic E-state index is 0.0489. The number of carbonyl (C=O) groups is 1. The summed E-state index contributed by atoms with van der Waals surface area (Å²) < 4.78 is 13.1. The van der Waals surface area contributed by atoms with Crippen LogP contribution in [0, 0.1) is 6.92 Å². The van der Waals surface area contributed by atoms with Gasteiger partial charge in [0.2, 0.25) is 0 Å². The zero-order valence-electron chi connectivity index (χ0n) is 17.9. The SMILES string of the molecule is C=CCn1c(C)c(/C=C(\Sc2nnc(-c3cc(Cl)ccc3OC)o2)C(=O)O)c2ccccc21. The molecule has 7 nitrogen and oxygen atoms in total. The van der Waals surface area contributed by atoms with Gasteiger partial charge in [-0.05, 0) is 49.0 Å². The molecule has 0 radical (unpaired) electrons. The first-order valence-electron chi connectivity index (χ1n) is 9.92. The van der Waals surface area contributed by atoms with E-state index in [1.165, 1.54) is 7.11 Å². The molecule has 0 atom stereocenters. The summed E-state index contributed by atoms with van der Waals surface area (Å²) in [6.07, 6.45) is 3.44. The minimum atomic E-state index is -1.10. The van der Waals surface area contributed by atoms with E-state index in [9.17, 15) is 9.90 Å². The number of nitrogens with zero attached hydrogens (tertiary/aromatic N) is 3. The van der Waals surface area contributed by atoms with Crippen LogP contribution in [0.3, 0.4) is 0 Å². The summed E-state index contributed by atoms with van der Waals surface area (Å²) in [6.45, 7) is 6.39. The third-order valence-corrected chi connectivity index (χ3v) is 6.16. The Hall–Kier alpha value is -3.49. The number of ether oxygens (including phenoxy) is 1. The predicted molar refractivity (Wildman–Crippen MR) is 130 cm³/mol. The Morgan fingerprint density at radius 3 is 2.82 bits per heavy atom. The van der Waals surface area contributed by atoms with Crippen LogP contribution in [0.5, 0.6) is 5.75 Å². The van der Waals surface area contributed by atoms with Gasteiger partial charge in [0.1, 0.15) is 10.7 Å². The lowest BCUT2D eigenvalue weighted by Gasteiger charge is -2.05. The second-order valence-electron chi connectivity index (χ2n) is 7.05. The maximum Gasteiger partial charge on any atom is 0.342 e. The second kappa shape index (κ2) is 9.56. The summed E-state index contributed by atoms with van der Waals surface area (Å²) in [4.78, 5) is 12.1. The van der Waals surface area contributed by atoms with Crippen LogP contribution in [0.1, 0.15) is 11.3 Å². The molecule has 1 N–H and O–H groups in total. The number of fused-ring (bicyclic) bond motifs is 1. The second-order valence-corrected chi connectivity index (χ2v) is 8.48. The number of aliphatic carboxylic acids is 1. The molecule has 0 aliphatic rings. The molecule has 0 aliphatic carbocycles. The van der Waals surface area contributed by atoms with E-state index in [0.717, 1.165) is 33.9 Å². The molecule has 2 heterocycles. The van der Waals surface area contributed by atoms with Crippen molar-refractivity contribution in [1.29, 1.82) is 0 Å². The quantitative estimate of drug-likeness (QED) is 0.185.